The molecule has 0 saturated carbocycles. The maximum atomic E-state index is 14.7. The molecule has 0 atom stereocenters. The van der Waals surface area contributed by atoms with E-state index in [2.05, 4.69) is 20.2 Å². The Morgan fingerprint density at radius 2 is 1.82 bits per heavy atom. The molecule has 1 aliphatic rings. The first-order chi connectivity index (χ1) is 18.9. The minimum Gasteiger partial charge on any atom is -0.463 e. The molecule has 4 aromatic rings. The van der Waals surface area contributed by atoms with Crippen LogP contribution in [0.4, 0.5) is 4.39 Å². The predicted molar refractivity (Wildman–Crippen MR) is 137 cm³/mol. The van der Waals surface area contributed by atoms with E-state index in [-0.39, 0.29) is 34.5 Å². The summed E-state index contributed by atoms with van der Waals surface area (Å²) >= 11 is 0. The zero-order valence-electron chi connectivity index (χ0n) is 20.8. The summed E-state index contributed by atoms with van der Waals surface area (Å²) in [5.41, 5.74) is 2.65. The Morgan fingerprint density at radius 3 is 2.54 bits per heavy atom. The van der Waals surface area contributed by atoms with Crippen LogP contribution in [0.5, 0.6) is 6.01 Å². The van der Waals surface area contributed by atoms with Gasteiger partial charge in [-0.2, -0.15) is 5.10 Å². The van der Waals surface area contributed by atoms with Crippen molar-refractivity contribution < 1.29 is 23.9 Å². The van der Waals surface area contributed by atoms with Gasteiger partial charge in [-0.15, -0.1) is 0 Å². The van der Waals surface area contributed by atoms with E-state index in [0.717, 1.165) is 0 Å². The van der Waals surface area contributed by atoms with Crippen LogP contribution in [0.15, 0.2) is 59.7 Å². The molecule has 3 heterocycles. The number of aromatic nitrogens is 4. The van der Waals surface area contributed by atoms with Crippen molar-refractivity contribution in [3.8, 4) is 6.01 Å². The van der Waals surface area contributed by atoms with E-state index < -0.39 is 11.7 Å². The summed E-state index contributed by atoms with van der Waals surface area (Å²) in [7, 11) is 0. The van der Waals surface area contributed by atoms with Crippen molar-refractivity contribution in [1.82, 2.24) is 30.5 Å². The molecule has 0 bridgehead atoms. The molecule has 3 N–H and O–H groups in total. The van der Waals surface area contributed by atoms with Gasteiger partial charge in [0.15, 0.2) is 0 Å². The molecule has 2 amide bonds. The Labute approximate surface area is 221 Å². The van der Waals surface area contributed by atoms with E-state index >= 15 is 0 Å². The van der Waals surface area contributed by atoms with Gasteiger partial charge < -0.3 is 9.64 Å². The number of hydrogen-bond acceptors (Lipinski definition) is 8. The minimum atomic E-state index is -0.720. The molecule has 1 aliphatic heterocycles. The number of ether oxygens (including phenoxy) is 1. The number of piperidine rings is 1. The summed E-state index contributed by atoms with van der Waals surface area (Å²) in [6, 6.07) is 11.7. The highest BCUT2D eigenvalue weighted by molar-refractivity contribution is 5.95. The van der Waals surface area contributed by atoms with Crippen LogP contribution in [0.1, 0.15) is 44.8 Å². The van der Waals surface area contributed by atoms with Crippen LogP contribution < -0.4 is 15.8 Å². The normalized spacial score (nSPS) is 13.8. The topological polar surface area (TPSA) is 150 Å². The third kappa shape index (κ3) is 5.75. The Morgan fingerprint density at radius 1 is 1.10 bits per heavy atom. The fourth-order valence-corrected chi connectivity index (χ4v) is 4.58. The van der Waals surface area contributed by atoms with Crippen LogP contribution >= 0.6 is 0 Å². The van der Waals surface area contributed by atoms with Gasteiger partial charge in [-0.3, -0.25) is 19.6 Å². The lowest BCUT2D eigenvalue weighted by molar-refractivity contribution is 0.0651. The summed E-state index contributed by atoms with van der Waals surface area (Å²) in [6.07, 6.45) is 4.13. The summed E-state index contributed by atoms with van der Waals surface area (Å²) in [6.45, 7) is 1.22. The van der Waals surface area contributed by atoms with Gasteiger partial charge in [-0.05, 0) is 42.5 Å². The minimum absolute atomic E-state index is 0.00339. The number of likely N-dealkylation sites (tertiary alicyclic amines) is 1. The Bertz CT molecular complexity index is 1570. The fourth-order valence-electron chi connectivity index (χ4n) is 4.58. The SMILES string of the molecule is O=C(NO)c1cnc(OCC2CCN(C(=O)c3cc(Cc4n[nH]c(=O)c5ccccc45)ccc3F)CC2)nc1. The molecule has 39 heavy (non-hydrogen) atoms. The molecule has 11 nitrogen and oxygen atoms in total. The number of rotatable bonds is 7. The predicted octanol–water partition coefficient (Wildman–Crippen LogP) is 2.49. The second-order valence-electron chi connectivity index (χ2n) is 9.28. The Kier molecular flexibility index (Phi) is 7.55. The molecule has 0 unspecified atom stereocenters. The van der Waals surface area contributed by atoms with E-state index in [9.17, 15) is 18.8 Å². The van der Waals surface area contributed by atoms with Crippen LogP contribution in [0.3, 0.4) is 0 Å². The number of benzene rings is 2. The number of hydroxylamine groups is 1. The zero-order valence-corrected chi connectivity index (χ0v) is 20.8. The molecule has 0 radical (unpaired) electrons. The molecule has 2 aromatic carbocycles. The number of nitrogens with one attached hydrogen (secondary N) is 2. The highest BCUT2D eigenvalue weighted by Gasteiger charge is 2.26. The third-order valence-electron chi connectivity index (χ3n) is 6.75. The molecule has 12 heteroatoms. The highest BCUT2D eigenvalue weighted by Crippen LogP contribution is 2.23. The van der Waals surface area contributed by atoms with E-state index in [1.165, 1.54) is 23.9 Å². The number of aromatic amines is 1. The first kappa shape index (κ1) is 25.9. The van der Waals surface area contributed by atoms with Crippen molar-refractivity contribution in [2.75, 3.05) is 19.7 Å². The van der Waals surface area contributed by atoms with Gasteiger partial charge >= 0.3 is 6.01 Å². The molecule has 200 valence electrons. The largest absolute Gasteiger partial charge is 0.463 e. The first-order valence-corrected chi connectivity index (χ1v) is 12.4. The van der Waals surface area contributed by atoms with Crippen LogP contribution in [-0.2, 0) is 6.42 Å². The number of carbonyl (C=O) groups is 2. The second-order valence-corrected chi connectivity index (χ2v) is 9.28. The quantitative estimate of drug-likeness (QED) is 0.243. The Hall–Kier alpha value is -4.71. The van der Waals surface area contributed by atoms with Crippen molar-refractivity contribution in [3.05, 3.63) is 93.4 Å². The smallest absolute Gasteiger partial charge is 0.316 e. The standard InChI is InChI=1S/C27H25FN6O5/c28-22-6-5-17(12-23-19-3-1-2-4-20(19)25(36)32-31-23)11-21(22)26(37)34-9-7-16(8-10-34)15-39-27-29-13-18(14-30-27)24(35)33-38/h1-6,11,13-14,16,38H,7-10,12,15H2,(H,32,36)(H,33,35). The highest BCUT2D eigenvalue weighted by atomic mass is 19.1. The van der Waals surface area contributed by atoms with Crippen LogP contribution in [-0.4, -0.2) is 61.8 Å². The molecule has 1 fully saturated rings. The van der Waals surface area contributed by atoms with Crippen molar-refractivity contribution in [3.63, 3.8) is 0 Å². The van der Waals surface area contributed by atoms with Crippen LogP contribution in [0.2, 0.25) is 0 Å². The van der Waals surface area contributed by atoms with Crippen molar-refractivity contribution in [1.29, 1.82) is 0 Å². The summed E-state index contributed by atoms with van der Waals surface area (Å²) < 4.78 is 20.3. The maximum Gasteiger partial charge on any atom is 0.316 e. The van der Waals surface area contributed by atoms with Crippen molar-refractivity contribution >= 4 is 22.6 Å². The van der Waals surface area contributed by atoms with Gasteiger partial charge in [0, 0.05) is 37.3 Å². The second kappa shape index (κ2) is 11.4. The average Bonchev–Trinajstić information content (AvgIpc) is 2.98. The van der Waals surface area contributed by atoms with Gasteiger partial charge in [0.05, 0.1) is 28.8 Å². The number of halogens is 1. The number of H-pyrrole nitrogens is 1. The van der Waals surface area contributed by atoms with E-state index in [1.807, 2.05) is 12.1 Å². The van der Waals surface area contributed by atoms with Gasteiger partial charge in [-0.25, -0.2) is 24.9 Å². The van der Waals surface area contributed by atoms with E-state index in [1.54, 1.807) is 29.2 Å². The number of nitrogens with zero attached hydrogens (tertiary/aromatic N) is 4. The number of carbonyl (C=O) groups excluding carboxylic acids is 2. The fraction of sp³-hybridized carbons (Fsp3) is 0.259. The molecular weight excluding hydrogens is 507 g/mol. The molecule has 5 rings (SSSR count). The lowest BCUT2D eigenvalue weighted by Gasteiger charge is -2.32. The molecule has 0 aliphatic carbocycles. The van der Waals surface area contributed by atoms with Crippen LogP contribution in [0, 0.1) is 11.7 Å². The Balaban J connectivity index is 1.20. The van der Waals surface area contributed by atoms with Gasteiger partial charge in [0.1, 0.15) is 5.82 Å². The maximum absolute atomic E-state index is 14.7. The lowest BCUT2D eigenvalue weighted by Crippen LogP contribution is -2.40. The summed E-state index contributed by atoms with van der Waals surface area (Å²) in [5, 5.41) is 16.6. The van der Waals surface area contributed by atoms with Gasteiger partial charge in [-0.1, -0.05) is 24.3 Å². The lowest BCUT2D eigenvalue weighted by atomic mass is 9.96. The number of hydrogen-bond donors (Lipinski definition) is 3. The van der Waals surface area contributed by atoms with E-state index in [4.69, 9.17) is 9.94 Å². The number of fused-ring (bicyclic) bond motifs is 1. The molecule has 1 saturated heterocycles. The van der Waals surface area contributed by atoms with Gasteiger partial charge in [0.25, 0.3) is 17.4 Å². The average molecular weight is 533 g/mol. The summed E-state index contributed by atoms with van der Waals surface area (Å²) in [5.74, 6) is -1.55. The zero-order chi connectivity index (χ0) is 27.4. The van der Waals surface area contributed by atoms with Crippen molar-refractivity contribution in [2.45, 2.75) is 19.3 Å². The van der Waals surface area contributed by atoms with E-state index in [0.29, 0.717) is 61.0 Å². The molecule has 2 aromatic heterocycles. The monoisotopic (exact) mass is 532 g/mol. The van der Waals surface area contributed by atoms with Crippen LogP contribution in [0.25, 0.3) is 10.8 Å². The summed E-state index contributed by atoms with van der Waals surface area (Å²) in [4.78, 5) is 46.2. The van der Waals surface area contributed by atoms with Crippen molar-refractivity contribution in [2.24, 2.45) is 5.92 Å². The van der Waals surface area contributed by atoms with Gasteiger partial charge in [0.2, 0.25) is 0 Å². The molecular formula is C27H25FN6O5. The first-order valence-electron chi connectivity index (χ1n) is 12.4. The molecule has 0 spiro atoms. The third-order valence-corrected chi connectivity index (χ3v) is 6.75. The number of amides is 2.